The average molecular weight is 956 g/mol. The van der Waals surface area contributed by atoms with Crippen molar-refractivity contribution < 1.29 is 0 Å². The third-order valence-electron chi connectivity index (χ3n) is 12.6. The fourth-order valence-corrected chi connectivity index (χ4v) is 32.7. The minimum atomic E-state index is -2.52. The van der Waals surface area contributed by atoms with Crippen LogP contribution in [0.4, 0.5) is 0 Å². The number of unbranched alkanes of at least 4 members (excludes halogenated alkanes) is 21. The van der Waals surface area contributed by atoms with Crippen molar-refractivity contribution in [1.29, 1.82) is 0 Å². The maximum absolute atomic E-state index is 2.83. The molecule has 0 aliphatic carbocycles. The van der Waals surface area contributed by atoms with Crippen molar-refractivity contribution >= 4 is 66.6 Å². The van der Waals surface area contributed by atoms with Gasteiger partial charge in [-0.3, -0.25) is 0 Å². The van der Waals surface area contributed by atoms with Gasteiger partial charge < -0.3 is 0 Å². The SMILES string of the molecule is CCCCCCCCCCCCc1ccsc1-c1ccc(-c2ccc(-c3s[c]([Sn]([CH2]CCC)([CH2]CCC)[CH2]CCC)cc3CCCCCCCCCCCC)s2)s1. The fraction of sp³-hybridized carbons (Fsp3) is 0.692. The second-order valence-electron chi connectivity index (χ2n) is 17.5. The van der Waals surface area contributed by atoms with Crippen LogP contribution in [0.15, 0.2) is 41.8 Å². The Morgan fingerprint density at radius 2 is 0.754 bits per heavy atom. The van der Waals surface area contributed by atoms with Gasteiger partial charge in [-0.05, 0) is 6.42 Å². The van der Waals surface area contributed by atoms with E-state index in [1.165, 1.54) is 204 Å². The van der Waals surface area contributed by atoms with E-state index in [0.29, 0.717) is 0 Å². The first-order valence-electron chi connectivity index (χ1n) is 24.5. The van der Waals surface area contributed by atoms with Gasteiger partial charge in [0.1, 0.15) is 0 Å². The van der Waals surface area contributed by atoms with Gasteiger partial charge in [-0.2, -0.15) is 0 Å². The second kappa shape index (κ2) is 29.8. The van der Waals surface area contributed by atoms with E-state index in [4.69, 9.17) is 0 Å². The van der Waals surface area contributed by atoms with Crippen molar-refractivity contribution in [3.63, 3.8) is 0 Å². The Balaban J connectivity index is 1.45. The third kappa shape index (κ3) is 17.1. The number of aryl methyl sites for hydroxylation is 2. The number of rotatable bonds is 35. The van der Waals surface area contributed by atoms with E-state index in [-0.39, 0.29) is 0 Å². The molecule has 0 atom stereocenters. The molecule has 0 fully saturated rings. The molecule has 0 aliphatic rings. The number of hydrogen-bond donors (Lipinski definition) is 0. The van der Waals surface area contributed by atoms with Gasteiger partial charge in [0.05, 0.1) is 0 Å². The summed E-state index contributed by atoms with van der Waals surface area (Å²) >= 11 is 5.84. The quantitative estimate of drug-likeness (QED) is 0.0318. The minimum absolute atomic E-state index is 1.23. The summed E-state index contributed by atoms with van der Waals surface area (Å²) < 4.78 is 6.64. The van der Waals surface area contributed by atoms with Gasteiger partial charge in [-0.15, -0.1) is 0 Å². The van der Waals surface area contributed by atoms with Crippen molar-refractivity contribution in [3.05, 3.63) is 52.9 Å². The van der Waals surface area contributed by atoms with Crippen LogP contribution in [-0.4, -0.2) is 18.4 Å². The summed E-state index contributed by atoms with van der Waals surface area (Å²) in [6.07, 6.45) is 39.1. The summed E-state index contributed by atoms with van der Waals surface area (Å²) in [6, 6.07) is 15.0. The molecular formula is C52H84S4Sn. The molecule has 0 aromatic carbocycles. The van der Waals surface area contributed by atoms with Crippen LogP contribution in [0, 0.1) is 0 Å². The summed E-state index contributed by atoms with van der Waals surface area (Å²) in [5.74, 6) is 0. The molecule has 4 rings (SSSR count). The fourth-order valence-electron chi connectivity index (χ4n) is 8.91. The van der Waals surface area contributed by atoms with E-state index < -0.39 is 18.4 Å². The van der Waals surface area contributed by atoms with Crippen LogP contribution < -0.4 is 2.89 Å². The number of hydrogen-bond acceptors (Lipinski definition) is 4. The molecule has 4 heterocycles. The average Bonchev–Trinajstić information content (AvgIpc) is 4.06. The predicted octanol–water partition coefficient (Wildman–Crippen LogP) is 19.9. The molecule has 4 aromatic heterocycles. The van der Waals surface area contributed by atoms with Crippen LogP contribution in [0.3, 0.4) is 0 Å². The van der Waals surface area contributed by atoms with Crippen LogP contribution in [0.2, 0.25) is 13.3 Å². The molecule has 0 unspecified atom stereocenters. The molecule has 0 saturated carbocycles. The topological polar surface area (TPSA) is 0 Å². The molecule has 0 spiro atoms. The Morgan fingerprint density at radius 1 is 0.368 bits per heavy atom. The monoisotopic (exact) mass is 956 g/mol. The van der Waals surface area contributed by atoms with Gasteiger partial charge >= 0.3 is 286 Å². The van der Waals surface area contributed by atoms with Gasteiger partial charge in [0.25, 0.3) is 0 Å². The van der Waals surface area contributed by atoms with Crippen molar-refractivity contribution in [2.24, 2.45) is 0 Å². The molecular weight excluding hydrogens is 872 g/mol. The van der Waals surface area contributed by atoms with E-state index in [0.717, 1.165) is 0 Å². The van der Waals surface area contributed by atoms with Gasteiger partial charge in [-0.25, -0.2) is 0 Å². The van der Waals surface area contributed by atoms with Crippen LogP contribution in [0.1, 0.15) is 213 Å². The van der Waals surface area contributed by atoms with Gasteiger partial charge in [0, 0.05) is 0 Å². The summed E-state index contributed by atoms with van der Waals surface area (Å²) in [5.41, 5.74) is 3.28. The van der Waals surface area contributed by atoms with Crippen molar-refractivity contribution in [2.45, 2.75) is 228 Å². The molecule has 0 saturated heterocycles. The Hall–Kier alpha value is -0.401. The number of thiophene rings is 4. The Morgan fingerprint density at radius 3 is 1.21 bits per heavy atom. The van der Waals surface area contributed by atoms with Crippen molar-refractivity contribution in [2.75, 3.05) is 0 Å². The van der Waals surface area contributed by atoms with E-state index in [2.05, 4.69) is 99.1 Å². The zero-order chi connectivity index (χ0) is 40.4. The Bertz CT molecular complexity index is 1550. The van der Waals surface area contributed by atoms with E-state index in [1.54, 1.807) is 29.3 Å². The summed E-state index contributed by atoms with van der Waals surface area (Å²) in [7, 11) is 0. The molecule has 0 nitrogen and oxygen atoms in total. The van der Waals surface area contributed by atoms with Gasteiger partial charge in [0.2, 0.25) is 0 Å². The normalized spacial score (nSPS) is 12.0. The Labute approximate surface area is 373 Å². The molecule has 0 amide bonds. The molecule has 0 N–H and O–H groups in total. The summed E-state index contributed by atoms with van der Waals surface area (Å²) in [4.78, 5) is 9.10. The van der Waals surface area contributed by atoms with Crippen molar-refractivity contribution in [3.8, 4) is 29.3 Å². The Kier molecular flexibility index (Phi) is 25.7. The van der Waals surface area contributed by atoms with Gasteiger partial charge in [0.15, 0.2) is 0 Å². The molecule has 0 aliphatic heterocycles. The first-order valence-corrected chi connectivity index (χ1v) is 35.3. The van der Waals surface area contributed by atoms with E-state index >= 15 is 0 Å². The molecule has 5 heteroatoms. The molecule has 0 bridgehead atoms. The molecule has 0 radical (unpaired) electrons. The van der Waals surface area contributed by atoms with E-state index in [9.17, 15) is 0 Å². The van der Waals surface area contributed by atoms with E-state index in [1.807, 2.05) is 25.6 Å². The third-order valence-corrected chi connectivity index (χ3v) is 35.7. The first-order chi connectivity index (χ1) is 28.1. The summed E-state index contributed by atoms with van der Waals surface area (Å²) in [6.45, 7) is 11.9. The molecule has 320 valence electrons. The van der Waals surface area contributed by atoms with Crippen molar-refractivity contribution in [1.82, 2.24) is 0 Å². The molecule has 4 aromatic rings. The van der Waals surface area contributed by atoms with Gasteiger partial charge in [-0.1, -0.05) is 84.5 Å². The second-order valence-corrected chi connectivity index (χ2v) is 35.8. The van der Waals surface area contributed by atoms with Crippen LogP contribution >= 0.6 is 45.3 Å². The zero-order valence-electron chi connectivity index (χ0n) is 37.6. The predicted molar refractivity (Wildman–Crippen MR) is 270 cm³/mol. The standard InChI is InChI=1S/C40H57S4.3C4H9.Sn/c1-3-5-7-9-11-13-15-17-19-21-23-33-29-31-41-39(33)37-27-25-35(43-37)36-26-28-38(44-36)40-34(30-32-42-40)24-22-20-18-16-14-12-10-8-6-4-2;3*1-3-4-2;/h25-31H,3-24H2,1-2H3;3*1,3-4H2,2H3;. The first kappa shape index (κ1) is 49.3. The van der Waals surface area contributed by atoms with Crippen LogP contribution in [-0.2, 0) is 12.8 Å². The maximum atomic E-state index is 2.83. The van der Waals surface area contributed by atoms with Crippen LogP contribution in [0.25, 0.3) is 29.3 Å². The molecule has 57 heavy (non-hydrogen) atoms. The summed E-state index contributed by atoms with van der Waals surface area (Å²) in [5, 5.41) is 2.33. The zero-order valence-corrected chi connectivity index (χ0v) is 43.7. The van der Waals surface area contributed by atoms with Crippen LogP contribution in [0.5, 0.6) is 0 Å².